The summed E-state index contributed by atoms with van der Waals surface area (Å²) >= 11 is 0. The fourth-order valence-electron chi connectivity index (χ4n) is 1.34. The van der Waals surface area contributed by atoms with Crippen molar-refractivity contribution >= 4 is 12.2 Å². The second kappa shape index (κ2) is 4.21. The Morgan fingerprint density at radius 3 is 3.08 bits per heavy atom. The second-order valence-electron chi connectivity index (χ2n) is 2.82. The van der Waals surface area contributed by atoms with Crippen molar-refractivity contribution in [3.05, 3.63) is 0 Å². The lowest BCUT2D eigenvalue weighted by Gasteiger charge is -2.31. The van der Waals surface area contributed by atoms with Crippen LogP contribution in [0.15, 0.2) is 0 Å². The third-order valence-electron chi connectivity index (χ3n) is 2.08. The topological polar surface area (TPSA) is 49.4 Å². The van der Waals surface area contributed by atoms with Gasteiger partial charge in [0.15, 0.2) is 5.78 Å². The predicted octanol–water partition coefficient (Wildman–Crippen LogP) is -0.693. The van der Waals surface area contributed by atoms with Gasteiger partial charge in [-0.1, -0.05) is 6.92 Å². The fourth-order valence-corrected chi connectivity index (χ4v) is 1.34. The lowest BCUT2D eigenvalue weighted by molar-refractivity contribution is -0.123. The summed E-state index contributed by atoms with van der Waals surface area (Å²) in [4.78, 5) is 23.1. The summed E-state index contributed by atoms with van der Waals surface area (Å²) in [5, 5.41) is 3.07. The summed E-state index contributed by atoms with van der Waals surface area (Å²) in [6, 6.07) is -0.291. The number of carbonyl (C=O) groups excluding carboxylic acids is 2. The number of ketones is 1. The molecular weight excluding hydrogens is 156 g/mol. The van der Waals surface area contributed by atoms with E-state index < -0.39 is 0 Å². The minimum Gasteiger partial charge on any atom is -0.322 e. The van der Waals surface area contributed by atoms with Gasteiger partial charge >= 0.3 is 6.41 Å². The highest BCUT2D eigenvalue weighted by Gasteiger charge is 2.26. The van der Waals surface area contributed by atoms with Crippen molar-refractivity contribution in [1.29, 1.82) is 0 Å². The first-order valence-electron chi connectivity index (χ1n) is 4.17. The van der Waals surface area contributed by atoms with Crippen LogP contribution in [0.5, 0.6) is 0 Å². The highest BCUT2D eigenvalue weighted by atomic mass is 16.1. The van der Waals surface area contributed by atoms with Gasteiger partial charge in [-0.2, -0.15) is 0 Å². The number of hydrogen-bond acceptors (Lipinski definition) is 3. The molecule has 1 aliphatic heterocycles. The van der Waals surface area contributed by atoms with Crippen LogP contribution in [0.25, 0.3) is 0 Å². The van der Waals surface area contributed by atoms with E-state index in [0.29, 0.717) is 19.5 Å². The van der Waals surface area contributed by atoms with E-state index in [2.05, 4.69) is 5.32 Å². The highest BCUT2D eigenvalue weighted by Crippen LogP contribution is 2.03. The zero-order valence-corrected chi connectivity index (χ0v) is 7.17. The van der Waals surface area contributed by atoms with E-state index in [9.17, 15) is 9.59 Å². The number of piperazine rings is 1. The van der Waals surface area contributed by atoms with Crippen LogP contribution in [0.2, 0.25) is 0 Å². The molecule has 1 radical (unpaired) electrons. The first-order chi connectivity index (χ1) is 5.79. The molecule has 0 saturated carbocycles. The number of nitrogens with zero attached hydrogens (tertiary/aromatic N) is 1. The van der Waals surface area contributed by atoms with Crippen LogP contribution in [-0.4, -0.2) is 42.8 Å². The van der Waals surface area contributed by atoms with Gasteiger partial charge in [0.1, 0.15) is 6.04 Å². The number of hydrogen-bond donors (Lipinski definition) is 1. The van der Waals surface area contributed by atoms with Crippen LogP contribution >= 0.6 is 0 Å². The number of amides is 1. The van der Waals surface area contributed by atoms with E-state index in [1.54, 1.807) is 13.3 Å². The van der Waals surface area contributed by atoms with Crippen LogP contribution in [-0.2, 0) is 9.59 Å². The van der Waals surface area contributed by atoms with Gasteiger partial charge in [0, 0.05) is 26.1 Å². The molecule has 0 aromatic rings. The monoisotopic (exact) mass is 169 g/mol. The van der Waals surface area contributed by atoms with E-state index in [-0.39, 0.29) is 11.8 Å². The minimum absolute atomic E-state index is 0.102. The van der Waals surface area contributed by atoms with Gasteiger partial charge in [-0.25, -0.2) is 0 Å². The van der Waals surface area contributed by atoms with Gasteiger partial charge in [0.2, 0.25) is 0 Å². The Kier molecular flexibility index (Phi) is 3.22. The van der Waals surface area contributed by atoms with Crippen LogP contribution in [0.3, 0.4) is 0 Å². The summed E-state index contributed by atoms with van der Waals surface area (Å²) in [7, 11) is 0. The lowest BCUT2D eigenvalue weighted by atomic mass is 10.1. The average molecular weight is 169 g/mol. The number of Topliss-reactive ketones (excluding diaryl/α,β-unsaturated/α-hetero) is 1. The molecule has 0 aromatic heterocycles. The summed E-state index contributed by atoms with van der Waals surface area (Å²) in [5.41, 5.74) is 0. The molecule has 1 heterocycles. The second-order valence-corrected chi connectivity index (χ2v) is 2.82. The van der Waals surface area contributed by atoms with Crippen molar-refractivity contribution in [2.24, 2.45) is 0 Å². The molecule has 0 bridgehead atoms. The first-order valence-corrected chi connectivity index (χ1v) is 4.17. The quantitative estimate of drug-likeness (QED) is 0.608. The molecule has 1 rings (SSSR count). The zero-order chi connectivity index (χ0) is 8.97. The summed E-state index contributed by atoms with van der Waals surface area (Å²) < 4.78 is 0. The molecule has 0 aliphatic carbocycles. The Morgan fingerprint density at radius 1 is 1.75 bits per heavy atom. The number of nitrogens with one attached hydrogen (secondary N) is 1. The van der Waals surface area contributed by atoms with E-state index in [4.69, 9.17) is 0 Å². The maximum atomic E-state index is 11.3. The molecule has 0 spiro atoms. The Hall–Kier alpha value is -0.900. The normalized spacial score (nSPS) is 23.8. The predicted molar refractivity (Wildman–Crippen MR) is 44.4 cm³/mol. The molecule has 1 unspecified atom stereocenters. The standard InChI is InChI=1S/C8H13N2O2/c1-2-8(12)7-5-9-3-4-10(7)6-11/h7,9H,2-5H2,1H3. The molecule has 67 valence electrons. The zero-order valence-electron chi connectivity index (χ0n) is 7.17. The van der Waals surface area contributed by atoms with Crippen LogP contribution in [0.1, 0.15) is 13.3 Å². The Bertz CT molecular complexity index is 182. The van der Waals surface area contributed by atoms with E-state index in [1.165, 1.54) is 4.90 Å². The number of carbonyl (C=O) groups is 1. The maximum Gasteiger partial charge on any atom is 0.312 e. The summed E-state index contributed by atoms with van der Waals surface area (Å²) in [6.07, 6.45) is 2.27. The molecule has 1 fully saturated rings. The SMILES string of the molecule is CCC(=O)C1CNCCN1[C]=O. The molecular formula is C8H13N2O2. The van der Waals surface area contributed by atoms with Gasteiger partial charge in [-0.15, -0.1) is 0 Å². The molecule has 1 saturated heterocycles. The smallest absolute Gasteiger partial charge is 0.312 e. The van der Waals surface area contributed by atoms with Crippen LogP contribution in [0.4, 0.5) is 0 Å². The molecule has 0 aromatic carbocycles. The molecule has 12 heavy (non-hydrogen) atoms. The van der Waals surface area contributed by atoms with E-state index >= 15 is 0 Å². The van der Waals surface area contributed by atoms with Crippen molar-refractivity contribution < 1.29 is 9.59 Å². The van der Waals surface area contributed by atoms with Crippen molar-refractivity contribution in [3.8, 4) is 0 Å². The van der Waals surface area contributed by atoms with Gasteiger partial charge in [-0.3, -0.25) is 9.59 Å². The Balaban J connectivity index is 2.58. The molecule has 4 heteroatoms. The van der Waals surface area contributed by atoms with E-state index in [1.807, 2.05) is 0 Å². The van der Waals surface area contributed by atoms with E-state index in [0.717, 1.165) is 6.54 Å². The minimum atomic E-state index is -0.291. The van der Waals surface area contributed by atoms with Crippen molar-refractivity contribution in [3.63, 3.8) is 0 Å². The fraction of sp³-hybridized carbons (Fsp3) is 0.750. The van der Waals surface area contributed by atoms with Gasteiger partial charge in [0.25, 0.3) is 0 Å². The molecule has 4 nitrogen and oxygen atoms in total. The van der Waals surface area contributed by atoms with Gasteiger partial charge in [-0.05, 0) is 0 Å². The molecule has 1 atom stereocenters. The first kappa shape index (κ1) is 9.19. The molecule has 1 N–H and O–H groups in total. The van der Waals surface area contributed by atoms with Crippen molar-refractivity contribution in [2.75, 3.05) is 19.6 Å². The maximum absolute atomic E-state index is 11.3. The average Bonchev–Trinajstić information content (AvgIpc) is 2.16. The van der Waals surface area contributed by atoms with Crippen LogP contribution in [0, 0.1) is 0 Å². The Morgan fingerprint density at radius 2 is 2.50 bits per heavy atom. The molecule has 1 aliphatic rings. The summed E-state index contributed by atoms with van der Waals surface area (Å²) in [6.45, 7) is 3.71. The summed E-state index contributed by atoms with van der Waals surface area (Å²) in [5.74, 6) is 0.102. The largest absolute Gasteiger partial charge is 0.322 e. The third kappa shape index (κ3) is 1.82. The van der Waals surface area contributed by atoms with Crippen molar-refractivity contribution in [2.45, 2.75) is 19.4 Å². The molecule has 1 amide bonds. The number of rotatable bonds is 3. The lowest BCUT2D eigenvalue weighted by Crippen LogP contribution is -2.54. The Labute approximate surface area is 71.9 Å². The van der Waals surface area contributed by atoms with Gasteiger partial charge < -0.3 is 10.2 Å². The van der Waals surface area contributed by atoms with Crippen LogP contribution < -0.4 is 5.32 Å². The highest BCUT2D eigenvalue weighted by molar-refractivity contribution is 5.85. The third-order valence-corrected chi connectivity index (χ3v) is 2.08. The van der Waals surface area contributed by atoms with Crippen molar-refractivity contribution in [1.82, 2.24) is 10.2 Å². The van der Waals surface area contributed by atoms with Gasteiger partial charge in [0.05, 0.1) is 0 Å².